The lowest BCUT2D eigenvalue weighted by Gasteiger charge is -2.30. The molecular weight excluding hydrogens is 456 g/mol. The van der Waals surface area contributed by atoms with Crippen molar-refractivity contribution in [2.45, 2.75) is 52.0 Å². The summed E-state index contributed by atoms with van der Waals surface area (Å²) in [5.41, 5.74) is -0.790. The summed E-state index contributed by atoms with van der Waals surface area (Å²) in [5.74, 6) is -1.50. The molecule has 4 unspecified atom stereocenters. The lowest BCUT2D eigenvalue weighted by Crippen LogP contribution is -2.44. The van der Waals surface area contributed by atoms with E-state index in [-0.39, 0.29) is 22.3 Å². The predicted molar refractivity (Wildman–Crippen MR) is 115 cm³/mol. The molecule has 0 saturated carbocycles. The monoisotopic (exact) mass is 482 g/mol. The normalized spacial score (nSPS) is 14.1. The van der Waals surface area contributed by atoms with E-state index in [1.807, 2.05) is 0 Å². The molecule has 14 nitrogen and oxygen atoms in total. The third-order valence-corrected chi connectivity index (χ3v) is 5.66. The summed E-state index contributed by atoms with van der Waals surface area (Å²) in [5, 5.41) is 19.2. The first-order chi connectivity index (χ1) is 15.8. The molecule has 14 heteroatoms. The fourth-order valence-corrected chi connectivity index (χ4v) is 3.03. The fraction of sp³-hybridized carbons (Fsp3) is 0.500. The second kappa shape index (κ2) is 11.7. The van der Waals surface area contributed by atoms with Crippen LogP contribution in [-0.4, -0.2) is 82.7 Å². The smallest absolute Gasteiger partial charge is 0.294 e. The third kappa shape index (κ3) is 6.46. The SMILES string of the molecule is CC(O[N+](=O)[O-])C(C)N(C)C(=O)c1cc(C(=O)N(C)C(C)C(C)O[N+](=O)[O-])c(C=O)cc1C=O. The number of likely N-dealkylation sites (N-methyl/N-ethyl adjacent to an activating group) is 2. The molecule has 0 N–H and O–H groups in total. The van der Waals surface area contributed by atoms with Gasteiger partial charge in [-0.05, 0) is 39.8 Å². The zero-order valence-corrected chi connectivity index (χ0v) is 19.5. The molecule has 1 rings (SSSR count). The van der Waals surface area contributed by atoms with Crippen molar-refractivity contribution in [2.24, 2.45) is 0 Å². The molecule has 0 fully saturated rings. The maximum absolute atomic E-state index is 13.1. The first-order valence-corrected chi connectivity index (χ1v) is 10.0. The van der Waals surface area contributed by atoms with Crippen LogP contribution in [0.15, 0.2) is 12.1 Å². The maximum Gasteiger partial charge on any atom is 0.294 e. The quantitative estimate of drug-likeness (QED) is 0.240. The number of nitrogens with zero attached hydrogens (tertiary/aromatic N) is 4. The van der Waals surface area contributed by atoms with Gasteiger partial charge in [-0.15, -0.1) is 20.2 Å². The molecule has 1 aromatic rings. The van der Waals surface area contributed by atoms with E-state index in [0.717, 1.165) is 21.9 Å². The Hall–Kier alpha value is -4.10. The van der Waals surface area contributed by atoms with Crippen LogP contribution in [0.25, 0.3) is 0 Å². The molecule has 0 aliphatic rings. The summed E-state index contributed by atoms with van der Waals surface area (Å²) in [7, 11) is 2.67. The summed E-state index contributed by atoms with van der Waals surface area (Å²) in [4.78, 5) is 81.8. The molecule has 2 amide bonds. The summed E-state index contributed by atoms with van der Waals surface area (Å²) in [6.45, 7) is 5.75. The topological polar surface area (TPSA) is 180 Å². The van der Waals surface area contributed by atoms with Gasteiger partial charge in [0.2, 0.25) is 0 Å². The van der Waals surface area contributed by atoms with Crippen LogP contribution in [0.4, 0.5) is 0 Å². The van der Waals surface area contributed by atoms with E-state index < -0.39 is 46.3 Å². The van der Waals surface area contributed by atoms with Crippen LogP contribution in [0.5, 0.6) is 0 Å². The average Bonchev–Trinajstić information content (AvgIpc) is 2.79. The highest BCUT2D eigenvalue weighted by Gasteiger charge is 2.30. The highest BCUT2D eigenvalue weighted by Crippen LogP contribution is 2.21. The van der Waals surface area contributed by atoms with Gasteiger partial charge < -0.3 is 19.5 Å². The van der Waals surface area contributed by atoms with Crippen LogP contribution in [-0.2, 0) is 9.68 Å². The van der Waals surface area contributed by atoms with Crippen molar-refractivity contribution in [3.05, 3.63) is 54.6 Å². The van der Waals surface area contributed by atoms with E-state index in [2.05, 4.69) is 9.68 Å². The number of benzene rings is 1. The molecule has 186 valence electrons. The standard InChI is InChI=1S/C20H26N4O10/c1-11(13(3)33-23(29)30)21(5)19(27)17-8-18(16(10-26)7-15(17)9-25)20(28)22(6)12(2)14(4)34-24(31)32/h7-14H,1-6H3. The van der Waals surface area contributed by atoms with Gasteiger partial charge in [-0.1, -0.05) is 0 Å². The molecule has 0 radical (unpaired) electrons. The van der Waals surface area contributed by atoms with Crippen LogP contribution >= 0.6 is 0 Å². The van der Waals surface area contributed by atoms with Gasteiger partial charge in [0.15, 0.2) is 12.6 Å². The van der Waals surface area contributed by atoms with Crippen molar-refractivity contribution < 1.29 is 39.0 Å². The van der Waals surface area contributed by atoms with Gasteiger partial charge in [-0.2, -0.15) is 0 Å². The Kier molecular flexibility index (Phi) is 9.59. The van der Waals surface area contributed by atoms with Crippen LogP contribution in [0.2, 0.25) is 0 Å². The minimum atomic E-state index is -1.01. The Morgan fingerprint density at radius 2 is 1.12 bits per heavy atom. The van der Waals surface area contributed by atoms with Crippen LogP contribution < -0.4 is 0 Å². The molecule has 0 aromatic heterocycles. The summed E-state index contributed by atoms with van der Waals surface area (Å²) >= 11 is 0. The summed E-state index contributed by atoms with van der Waals surface area (Å²) < 4.78 is 0. The molecule has 0 spiro atoms. The number of aldehydes is 2. The highest BCUT2D eigenvalue weighted by molar-refractivity contribution is 6.08. The Morgan fingerprint density at radius 3 is 1.38 bits per heavy atom. The Labute approximate surface area is 194 Å². The van der Waals surface area contributed by atoms with Gasteiger partial charge in [-0.3, -0.25) is 19.2 Å². The first kappa shape index (κ1) is 27.9. The molecule has 0 saturated heterocycles. The minimum Gasteiger partial charge on any atom is -0.337 e. The van der Waals surface area contributed by atoms with E-state index in [0.29, 0.717) is 12.6 Å². The second-order valence-electron chi connectivity index (χ2n) is 7.64. The number of carbonyl (C=O) groups excluding carboxylic acids is 4. The van der Waals surface area contributed by atoms with Crippen LogP contribution in [0, 0.1) is 20.2 Å². The van der Waals surface area contributed by atoms with Crippen molar-refractivity contribution in [1.29, 1.82) is 0 Å². The molecule has 0 bridgehead atoms. The Balaban J connectivity index is 3.41. The van der Waals surface area contributed by atoms with E-state index >= 15 is 0 Å². The number of hydrogen-bond acceptors (Lipinski definition) is 10. The number of hydrogen-bond donors (Lipinski definition) is 0. The lowest BCUT2D eigenvalue weighted by molar-refractivity contribution is -0.768. The van der Waals surface area contributed by atoms with Crippen molar-refractivity contribution in [2.75, 3.05) is 14.1 Å². The van der Waals surface area contributed by atoms with Gasteiger partial charge in [0.1, 0.15) is 12.2 Å². The fourth-order valence-electron chi connectivity index (χ4n) is 3.03. The number of rotatable bonds is 12. The second-order valence-corrected chi connectivity index (χ2v) is 7.64. The van der Waals surface area contributed by atoms with E-state index in [1.165, 1.54) is 41.8 Å². The molecular formula is C20H26N4O10. The molecule has 0 aliphatic heterocycles. The van der Waals surface area contributed by atoms with Crippen molar-refractivity contribution in [3.8, 4) is 0 Å². The summed E-state index contributed by atoms with van der Waals surface area (Å²) in [6.07, 6.45) is -1.34. The zero-order valence-electron chi connectivity index (χ0n) is 19.5. The van der Waals surface area contributed by atoms with E-state index in [9.17, 15) is 39.4 Å². The highest BCUT2D eigenvalue weighted by atomic mass is 17.0. The Morgan fingerprint density at radius 1 is 0.794 bits per heavy atom. The van der Waals surface area contributed by atoms with Gasteiger partial charge in [0, 0.05) is 25.2 Å². The largest absolute Gasteiger partial charge is 0.337 e. The molecule has 4 atom stereocenters. The van der Waals surface area contributed by atoms with Crippen molar-refractivity contribution >= 4 is 24.4 Å². The molecule has 0 aliphatic carbocycles. The zero-order chi connectivity index (χ0) is 26.3. The lowest BCUT2D eigenvalue weighted by atomic mass is 9.96. The first-order valence-electron chi connectivity index (χ1n) is 10.0. The summed E-state index contributed by atoms with van der Waals surface area (Å²) in [6, 6.07) is 0.545. The molecule has 34 heavy (non-hydrogen) atoms. The van der Waals surface area contributed by atoms with Gasteiger partial charge in [0.05, 0.1) is 23.2 Å². The van der Waals surface area contributed by atoms with Gasteiger partial charge >= 0.3 is 0 Å². The van der Waals surface area contributed by atoms with E-state index in [1.54, 1.807) is 0 Å². The third-order valence-electron chi connectivity index (χ3n) is 5.66. The molecule has 1 aromatic carbocycles. The Bertz CT molecular complexity index is 909. The average molecular weight is 482 g/mol. The number of amides is 2. The number of carbonyl (C=O) groups is 4. The molecule has 0 heterocycles. The van der Waals surface area contributed by atoms with E-state index in [4.69, 9.17) is 0 Å². The van der Waals surface area contributed by atoms with Crippen molar-refractivity contribution in [1.82, 2.24) is 9.80 Å². The van der Waals surface area contributed by atoms with Crippen LogP contribution in [0.1, 0.15) is 69.1 Å². The van der Waals surface area contributed by atoms with Gasteiger partial charge in [0.25, 0.3) is 22.0 Å². The predicted octanol–water partition coefficient (Wildman–Crippen LogP) is 1.43. The van der Waals surface area contributed by atoms with Gasteiger partial charge in [-0.25, -0.2) is 0 Å². The minimum absolute atomic E-state index is 0.175. The van der Waals surface area contributed by atoms with Crippen molar-refractivity contribution in [3.63, 3.8) is 0 Å². The maximum atomic E-state index is 13.1. The van der Waals surface area contributed by atoms with Crippen LogP contribution in [0.3, 0.4) is 0 Å².